The number of hydrogen-bond donors (Lipinski definition) is 1. The number of rotatable bonds is 5. The summed E-state index contributed by atoms with van der Waals surface area (Å²) in [7, 11) is 0. The van der Waals surface area contributed by atoms with Gasteiger partial charge in [-0.25, -0.2) is 0 Å². The molecule has 1 N–H and O–H groups in total. The molecule has 1 aromatic heterocycles. The number of nitrogens with zero attached hydrogens (tertiary/aromatic N) is 2. The Morgan fingerprint density at radius 3 is 2.74 bits per heavy atom. The van der Waals surface area contributed by atoms with E-state index in [0.717, 1.165) is 26.5 Å². The molecule has 0 saturated heterocycles. The normalized spacial score (nSPS) is 10.9. The first-order chi connectivity index (χ1) is 13.2. The van der Waals surface area contributed by atoms with Crippen LogP contribution in [0.1, 0.15) is 12.3 Å². The van der Waals surface area contributed by atoms with Crippen LogP contribution in [-0.4, -0.2) is 16.0 Å². The van der Waals surface area contributed by atoms with E-state index < -0.39 is 0 Å². The zero-order valence-corrected chi connectivity index (χ0v) is 15.9. The molecule has 1 heterocycles. The molecule has 0 aliphatic carbocycles. The maximum Gasteiger partial charge on any atom is 0.227 e. The molecule has 0 fully saturated rings. The maximum atomic E-state index is 12.1. The van der Waals surface area contributed by atoms with Gasteiger partial charge in [-0.15, -0.1) is 0 Å². The summed E-state index contributed by atoms with van der Waals surface area (Å²) in [4.78, 5) is 16.6. The number of carbonyl (C=O) groups is 1. The fourth-order valence-corrected chi connectivity index (χ4v) is 3.30. The van der Waals surface area contributed by atoms with Gasteiger partial charge in [-0.05, 0) is 29.0 Å². The first kappa shape index (κ1) is 17.4. The van der Waals surface area contributed by atoms with Crippen LogP contribution in [0.25, 0.3) is 22.2 Å². The lowest BCUT2D eigenvalue weighted by molar-refractivity contribution is -0.116. The molecule has 3 aromatic carbocycles. The lowest BCUT2D eigenvalue weighted by atomic mass is 10.0. The number of benzene rings is 3. The summed E-state index contributed by atoms with van der Waals surface area (Å²) in [6, 6.07) is 21.5. The van der Waals surface area contributed by atoms with Gasteiger partial charge in [-0.3, -0.25) is 4.79 Å². The molecular formula is C21H16BrN3O2. The third-order valence-electron chi connectivity index (χ3n) is 4.17. The molecule has 0 bridgehead atoms. The van der Waals surface area contributed by atoms with E-state index in [1.54, 1.807) is 0 Å². The van der Waals surface area contributed by atoms with E-state index in [1.807, 2.05) is 66.7 Å². The zero-order valence-electron chi connectivity index (χ0n) is 14.4. The largest absolute Gasteiger partial charge is 0.339 e. The number of hydrogen-bond acceptors (Lipinski definition) is 4. The van der Waals surface area contributed by atoms with E-state index >= 15 is 0 Å². The molecule has 5 nitrogen and oxygen atoms in total. The summed E-state index contributed by atoms with van der Waals surface area (Å²) in [5, 5.41) is 9.13. The number of halogens is 1. The third kappa shape index (κ3) is 4.06. The molecule has 27 heavy (non-hydrogen) atoms. The predicted octanol–water partition coefficient (Wildman–Crippen LogP) is 5.22. The lowest BCUT2D eigenvalue weighted by Crippen LogP contribution is -2.12. The van der Waals surface area contributed by atoms with Crippen LogP contribution in [0.3, 0.4) is 0 Å². The summed E-state index contributed by atoms with van der Waals surface area (Å²) in [5.74, 6) is 0.884. The van der Waals surface area contributed by atoms with Crippen molar-refractivity contribution in [3.63, 3.8) is 0 Å². The second-order valence-corrected chi connectivity index (χ2v) is 7.01. The third-order valence-corrected chi connectivity index (χ3v) is 4.67. The highest BCUT2D eigenvalue weighted by atomic mass is 79.9. The number of amides is 1. The molecule has 0 unspecified atom stereocenters. The van der Waals surface area contributed by atoms with Crippen molar-refractivity contribution in [2.45, 2.75) is 12.8 Å². The van der Waals surface area contributed by atoms with E-state index in [1.165, 1.54) is 0 Å². The van der Waals surface area contributed by atoms with Gasteiger partial charge in [0.1, 0.15) is 0 Å². The van der Waals surface area contributed by atoms with Gasteiger partial charge < -0.3 is 9.84 Å². The summed E-state index contributed by atoms with van der Waals surface area (Å²) >= 11 is 3.39. The topological polar surface area (TPSA) is 68.0 Å². The Labute approximate surface area is 164 Å². The van der Waals surface area contributed by atoms with Crippen LogP contribution in [0.2, 0.25) is 0 Å². The lowest BCUT2D eigenvalue weighted by Gasteiger charge is -2.04. The van der Waals surface area contributed by atoms with E-state index in [2.05, 4.69) is 31.4 Å². The van der Waals surface area contributed by atoms with Gasteiger partial charge in [-0.1, -0.05) is 69.6 Å². The highest BCUT2D eigenvalue weighted by Gasteiger charge is 2.13. The number of fused-ring (bicyclic) bond motifs is 1. The first-order valence-electron chi connectivity index (χ1n) is 8.55. The molecule has 0 atom stereocenters. The van der Waals surface area contributed by atoms with Crippen molar-refractivity contribution >= 4 is 38.3 Å². The zero-order chi connectivity index (χ0) is 18.6. The van der Waals surface area contributed by atoms with Crippen LogP contribution in [0, 0.1) is 0 Å². The average Bonchev–Trinajstić information content (AvgIpc) is 3.15. The van der Waals surface area contributed by atoms with Crippen LogP contribution in [0.4, 0.5) is 5.69 Å². The fraction of sp³-hybridized carbons (Fsp3) is 0.0952. The molecule has 134 valence electrons. The van der Waals surface area contributed by atoms with Crippen molar-refractivity contribution in [1.82, 2.24) is 10.1 Å². The van der Waals surface area contributed by atoms with E-state index in [-0.39, 0.29) is 12.3 Å². The van der Waals surface area contributed by atoms with Crippen LogP contribution in [0.15, 0.2) is 75.7 Å². The number of nitrogens with one attached hydrogen (secondary N) is 1. The molecule has 1 amide bonds. The van der Waals surface area contributed by atoms with E-state index in [0.29, 0.717) is 18.1 Å². The van der Waals surface area contributed by atoms with Gasteiger partial charge in [0.05, 0.1) is 0 Å². The Morgan fingerprint density at radius 2 is 1.85 bits per heavy atom. The molecule has 0 radical (unpaired) electrons. The smallest absolute Gasteiger partial charge is 0.227 e. The van der Waals surface area contributed by atoms with E-state index in [4.69, 9.17) is 4.52 Å². The van der Waals surface area contributed by atoms with E-state index in [9.17, 15) is 4.79 Å². The molecule has 6 heteroatoms. The monoisotopic (exact) mass is 421 g/mol. The van der Waals surface area contributed by atoms with Gasteiger partial charge in [0.15, 0.2) is 0 Å². The quantitative estimate of drug-likeness (QED) is 0.479. The molecular weight excluding hydrogens is 406 g/mol. The minimum absolute atomic E-state index is 0.0991. The van der Waals surface area contributed by atoms with Crippen molar-refractivity contribution in [2.24, 2.45) is 0 Å². The number of aryl methyl sites for hydroxylation is 1. The Balaban J connectivity index is 1.44. The molecule has 4 rings (SSSR count). The van der Waals surface area contributed by atoms with Gasteiger partial charge >= 0.3 is 0 Å². The van der Waals surface area contributed by atoms with Gasteiger partial charge in [0.25, 0.3) is 0 Å². The minimum atomic E-state index is -0.0991. The molecule has 0 saturated carbocycles. The summed E-state index contributed by atoms with van der Waals surface area (Å²) < 4.78 is 6.25. The van der Waals surface area contributed by atoms with Crippen molar-refractivity contribution < 1.29 is 9.32 Å². The summed E-state index contributed by atoms with van der Waals surface area (Å²) in [6.07, 6.45) is 0.654. The molecule has 0 spiro atoms. The highest BCUT2D eigenvalue weighted by molar-refractivity contribution is 9.10. The highest BCUT2D eigenvalue weighted by Crippen LogP contribution is 2.26. The van der Waals surface area contributed by atoms with Gasteiger partial charge in [-0.2, -0.15) is 4.98 Å². The van der Waals surface area contributed by atoms with Gasteiger partial charge in [0.2, 0.25) is 17.6 Å². The van der Waals surface area contributed by atoms with Crippen molar-refractivity contribution in [3.8, 4) is 11.4 Å². The van der Waals surface area contributed by atoms with Crippen LogP contribution in [0.5, 0.6) is 0 Å². The summed E-state index contributed by atoms with van der Waals surface area (Å²) in [5.41, 5.74) is 1.66. The Bertz CT molecular complexity index is 1100. The minimum Gasteiger partial charge on any atom is -0.339 e. The Morgan fingerprint density at radius 1 is 1.04 bits per heavy atom. The number of aromatic nitrogens is 2. The molecule has 0 aliphatic heterocycles. The predicted molar refractivity (Wildman–Crippen MR) is 108 cm³/mol. The Kier molecular flexibility index (Phi) is 4.98. The number of carbonyl (C=O) groups excluding carboxylic acids is 1. The molecule has 0 aliphatic rings. The van der Waals surface area contributed by atoms with Crippen LogP contribution in [-0.2, 0) is 11.2 Å². The van der Waals surface area contributed by atoms with Crippen molar-refractivity contribution in [2.75, 3.05) is 5.32 Å². The van der Waals surface area contributed by atoms with Gasteiger partial charge in [0, 0.05) is 28.6 Å². The number of anilines is 1. The SMILES string of the molecule is O=C(CCc1nc(-c2cccc3ccccc23)no1)Nc1cccc(Br)c1. The standard InChI is InChI=1S/C21H16BrN3O2/c22-15-7-4-8-16(13-15)23-19(26)11-12-20-24-21(25-27-20)18-10-3-6-14-5-1-2-9-17(14)18/h1-10,13H,11-12H2,(H,23,26). The second-order valence-electron chi connectivity index (χ2n) is 6.10. The average molecular weight is 422 g/mol. The fourth-order valence-electron chi connectivity index (χ4n) is 2.90. The van der Waals surface area contributed by atoms with Crippen LogP contribution < -0.4 is 5.32 Å². The van der Waals surface area contributed by atoms with Crippen molar-refractivity contribution in [3.05, 3.63) is 77.1 Å². The van der Waals surface area contributed by atoms with Crippen LogP contribution >= 0.6 is 15.9 Å². The first-order valence-corrected chi connectivity index (χ1v) is 9.34. The van der Waals surface area contributed by atoms with Crippen molar-refractivity contribution in [1.29, 1.82) is 0 Å². The summed E-state index contributed by atoms with van der Waals surface area (Å²) in [6.45, 7) is 0. The molecule has 4 aromatic rings. The maximum absolute atomic E-state index is 12.1. The second kappa shape index (κ2) is 7.72. The Hall–Kier alpha value is -2.99.